The minimum Gasteiger partial charge on any atom is -0.370 e. The highest BCUT2D eigenvalue weighted by atomic mass is 15.2. The Morgan fingerprint density at radius 2 is 2.21 bits per heavy atom. The van der Waals surface area contributed by atoms with Crippen LogP contribution in [0.1, 0.15) is 45.4 Å². The molecule has 1 unspecified atom stereocenters. The summed E-state index contributed by atoms with van der Waals surface area (Å²) in [6.07, 6.45) is 5.01. The van der Waals surface area contributed by atoms with Crippen LogP contribution < -0.4 is 10.2 Å². The predicted octanol–water partition coefficient (Wildman–Crippen LogP) is 3.23. The van der Waals surface area contributed by atoms with Crippen LogP contribution in [0.2, 0.25) is 0 Å². The lowest BCUT2D eigenvalue weighted by atomic mass is 9.96. The van der Waals surface area contributed by atoms with E-state index in [4.69, 9.17) is 0 Å². The van der Waals surface area contributed by atoms with Crippen molar-refractivity contribution in [1.82, 2.24) is 9.97 Å². The summed E-state index contributed by atoms with van der Waals surface area (Å²) in [5.74, 6) is 3.72. The van der Waals surface area contributed by atoms with E-state index in [2.05, 4.69) is 40.1 Å². The largest absolute Gasteiger partial charge is 0.370 e. The van der Waals surface area contributed by atoms with E-state index in [-0.39, 0.29) is 0 Å². The smallest absolute Gasteiger partial charge is 0.134 e. The van der Waals surface area contributed by atoms with E-state index in [1.165, 1.54) is 19.3 Å². The molecule has 1 aromatic heterocycles. The summed E-state index contributed by atoms with van der Waals surface area (Å²) in [4.78, 5) is 11.5. The third-order valence-corrected chi connectivity index (χ3v) is 3.80. The average Bonchev–Trinajstić information content (AvgIpc) is 2.44. The van der Waals surface area contributed by atoms with Gasteiger partial charge in [0, 0.05) is 25.7 Å². The first-order valence-corrected chi connectivity index (χ1v) is 7.57. The number of aryl methyl sites for hydroxylation is 1. The molecule has 0 spiro atoms. The van der Waals surface area contributed by atoms with Gasteiger partial charge in [0.05, 0.1) is 0 Å². The molecule has 19 heavy (non-hydrogen) atoms. The lowest BCUT2D eigenvalue weighted by Gasteiger charge is -2.33. The standard InChI is InChI=1S/C15H26N4/c1-4-8-16-14-10-15(18-12(3)17-14)19-9-6-7-13(5-2)11-19/h10,13H,4-9,11H2,1-3H3,(H,16,17,18). The quantitative estimate of drug-likeness (QED) is 0.884. The average molecular weight is 262 g/mol. The number of nitrogens with zero attached hydrogens (tertiary/aromatic N) is 3. The molecule has 106 valence electrons. The second kappa shape index (κ2) is 6.73. The van der Waals surface area contributed by atoms with Crippen LogP contribution in [-0.4, -0.2) is 29.6 Å². The molecule has 2 heterocycles. The van der Waals surface area contributed by atoms with Crippen LogP contribution in [-0.2, 0) is 0 Å². The van der Waals surface area contributed by atoms with Gasteiger partial charge in [-0.3, -0.25) is 0 Å². The fraction of sp³-hybridized carbons (Fsp3) is 0.733. The lowest BCUT2D eigenvalue weighted by Crippen LogP contribution is -2.35. The van der Waals surface area contributed by atoms with Crippen molar-refractivity contribution in [2.75, 3.05) is 29.9 Å². The van der Waals surface area contributed by atoms with Crippen LogP contribution in [0.5, 0.6) is 0 Å². The van der Waals surface area contributed by atoms with Gasteiger partial charge in [0.2, 0.25) is 0 Å². The van der Waals surface area contributed by atoms with Gasteiger partial charge < -0.3 is 10.2 Å². The normalized spacial score (nSPS) is 19.5. The Balaban J connectivity index is 2.11. The number of hydrogen-bond acceptors (Lipinski definition) is 4. The van der Waals surface area contributed by atoms with Crippen LogP contribution in [0.25, 0.3) is 0 Å². The fourth-order valence-electron chi connectivity index (χ4n) is 2.66. The molecule has 1 aromatic rings. The van der Waals surface area contributed by atoms with Gasteiger partial charge in [-0.25, -0.2) is 9.97 Å². The number of hydrogen-bond donors (Lipinski definition) is 1. The first-order chi connectivity index (χ1) is 9.22. The molecule has 4 nitrogen and oxygen atoms in total. The molecule has 0 aliphatic carbocycles. The Bertz CT molecular complexity index is 405. The van der Waals surface area contributed by atoms with Gasteiger partial charge in [-0.05, 0) is 32.1 Å². The molecule has 0 saturated carbocycles. The van der Waals surface area contributed by atoms with E-state index >= 15 is 0 Å². The zero-order valence-corrected chi connectivity index (χ0v) is 12.4. The van der Waals surface area contributed by atoms with E-state index in [0.29, 0.717) is 0 Å². The van der Waals surface area contributed by atoms with E-state index in [9.17, 15) is 0 Å². The van der Waals surface area contributed by atoms with Gasteiger partial charge in [0.1, 0.15) is 17.5 Å². The Labute approximate surface area is 116 Å². The third kappa shape index (κ3) is 3.82. The zero-order chi connectivity index (χ0) is 13.7. The molecule has 1 fully saturated rings. The van der Waals surface area contributed by atoms with E-state index < -0.39 is 0 Å². The van der Waals surface area contributed by atoms with Gasteiger partial charge in [-0.1, -0.05) is 20.3 Å². The summed E-state index contributed by atoms with van der Waals surface area (Å²) in [6, 6.07) is 2.10. The van der Waals surface area contributed by atoms with Crippen LogP contribution in [0.15, 0.2) is 6.07 Å². The molecule has 1 N–H and O–H groups in total. The molecule has 1 aliphatic rings. The van der Waals surface area contributed by atoms with Gasteiger partial charge in [-0.2, -0.15) is 0 Å². The van der Waals surface area contributed by atoms with Crippen molar-refractivity contribution in [3.63, 3.8) is 0 Å². The van der Waals surface area contributed by atoms with Crippen LogP contribution >= 0.6 is 0 Å². The van der Waals surface area contributed by atoms with Gasteiger partial charge in [-0.15, -0.1) is 0 Å². The second-order valence-corrected chi connectivity index (χ2v) is 5.45. The van der Waals surface area contributed by atoms with Gasteiger partial charge in [0.25, 0.3) is 0 Å². The van der Waals surface area contributed by atoms with Crippen molar-refractivity contribution in [3.8, 4) is 0 Å². The molecule has 4 heteroatoms. The van der Waals surface area contributed by atoms with Crippen LogP contribution in [0.4, 0.5) is 11.6 Å². The molecule has 0 radical (unpaired) electrons. The molecule has 1 aliphatic heterocycles. The van der Waals surface area contributed by atoms with Crippen molar-refractivity contribution < 1.29 is 0 Å². The number of aromatic nitrogens is 2. The van der Waals surface area contributed by atoms with Crippen molar-refractivity contribution in [2.45, 2.75) is 46.5 Å². The van der Waals surface area contributed by atoms with E-state index in [1.54, 1.807) is 0 Å². The minimum absolute atomic E-state index is 0.816. The highest BCUT2D eigenvalue weighted by Crippen LogP contribution is 2.24. The van der Waals surface area contributed by atoms with Crippen LogP contribution in [0.3, 0.4) is 0 Å². The first-order valence-electron chi connectivity index (χ1n) is 7.57. The Morgan fingerprint density at radius 1 is 1.37 bits per heavy atom. The van der Waals surface area contributed by atoms with Crippen molar-refractivity contribution >= 4 is 11.6 Å². The molecule has 1 saturated heterocycles. The maximum Gasteiger partial charge on any atom is 0.134 e. The topological polar surface area (TPSA) is 41.0 Å². The Hall–Kier alpha value is -1.32. The molecule has 0 amide bonds. The van der Waals surface area contributed by atoms with Crippen molar-refractivity contribution in [2.24, 2.45) is 5.92 Å². The molecular weight excluding hydrogens is 236 g/mol. The number of anilines is 2. The summed E-state index contributed by atoms with van der Waals surface area (Å²) in [7, 11) is 0. The van der Waals surface area contributed by atoms with Gasteiger partial charge in [0.15, 0.2) is 0 Å². The number of rotatable bonds is 5. The van der Waals surface area contributed by atoms with E-state index in [1.807, 2.05) is 6.92 Å². The molecule has 0 aromatic carbocycles. The second-order valence-electron chi connectivity index (χ2n) is 5.45. The summed E-state index contributed by atoms with van der Waals surface area (Å²) < 4.78 is 0. The van der Waals surface area contributed by atoms with Crippen molar-refractivity contribution in [3.05, 3.63) is 11.9 Å². The van der Waals surface area contributed by atoms with E-state index in [0.717, 1.165) is 49.4 Å². The summed E-state index contributed by atoms with van der Waals surface area (Å²) in [6.45, 7) is 9.65. The molecule has 0 bridgehead atoms. The first kappa shape index (κ1) is 14.1. The van der Waals surface area contributed by atoms with Gasteiger partial charge >= 0.3 is 0 Å². The predicted molar refractivity (Wildman–Crippen MR) is 80.8 cm³/mol. The lowest BCUT2D eigenvalue weighted by molar-refractivity contribution is 0.403. The molecular formula is C15H26N4. The number of nitrogens with one attached hydrogen (secondary N) is 1. The van der Waals surface area contributed by atoms with Crippen LogP contribution in [0, 0.1) is 12.8 Å². The Kier molecular flexibility index (Phi) is 5.00. The highest BCUT2D eigenvalue weighted by molar-refractivity contribution is 5.49. The molecule has 1 atom stereocenters. The number of piperidine rings is 1. The maximum absolute atomic E-state index is 4.61. The monoisotopic (exact) mass is 262 g/mol. The Morgan fingerprint density at radius 3 is 2.95 bits per heavy atom. The van der Waals surface area contributed by atoms with Crippen molar-refractivity contribution in [1.29, 1.82) is 0 Å². The summed E-state index contributed by atoms with van der Waals surface area (Å²) in [5.41, 5.74) is 0. The fourth-order valence-corrected chi connectivity index (χ4v) is 2.66. The molecule has 2 rings (SSSR count). The summed E-state index contributed by atoms with van der Waals surface area (Å²) >= 11 is 0. The summed E-state index contributed by atoms with van der Waals surface area (Å²) in [5, 5.41) is 3.36. The third-order valence-electron chi connectivity index (χ3n) is 3.80. The SMILES string of the molecule is CCCNc1cc(N2CCCC(CC)C2)nc(C)n1. The minimum atomic E-state index is 0.816. The highest BCUT2D eigenvalue weighted by Gasteiger charge is 2.20. The zero-order valence-electron chi connectivity index (χ0n) is 12.4. The maximum atomic E-state index is 4.61.